The Morgan fingerprint density at radius 1 is 1.08 bits per heavy atom. The largest absolute Gasteiger partial charge is 0.324 e. The number of hydrogen-bond donors (Lipinski definition) is 2. The molecular formula is C31H34N6O. The number of anilines is 3. The van der Waals surface area contributed by atoms with Crippen LogP contribution in [0, 0.1) is 6.92 Å². The summed E-state index contributed by atoms with van der Waals surface area (Å²) < 4.78 is 0. The van der Waals surface area contributed by atoms with E-state index in [-0.39, 0.29) is 5.91 Å². The van der Waals surface area contributed by atoms with Crippen molar-refractivity contribution in [3.05, 3.63) is 95.9 Å². The highest BCUT2D eigenvalue weighted by molar-refractivity contribution is 6.04. The van der Waals surface area contributed by atoms with Gasteiger partial charge in [-0.2, -0.15) is 0 Å². The third-order valence-corrected chi connectivity index (χ3v) is 7.04. The van der Waals surface area contributed by atoms with Crippen molar-refractivity contribution in [3.63, 3.8) is 0 Å². The zero-order chi connectivity index (χ0) is 26.3. The molecule has 2 aromatic carbocycles. The Hall–Kier alpha value is -4.10. The van der Waals surface area contributed by atoms with Gasteiger partial charge >= 0.3 is 0 Å². The number of carbonyl (C=O) groups excluding carboxylic acids is 1. The predicted octanol–water partition coefficient (Wildman–Crippen LogP) is 6.43. The van der Waals surface area contributed by atoms with Gasteiger partial charge in [-0.05, 0) is 98.8 Å². The molecule has 1 aliphatic rings. The molecule has 1 saturated heterocycles. The normalized spacial score (nSPS) is 15.7. The van der Waals surface area contributed by atoms with Gasteiger partial charge in [0.05, 0.1) is 5.69 Å². The number of carbonyl (C=O) groups is 1. The first-order chi connectivity index (χ1) is 18.6. The quantitative estimate of drug-likeness (QED) is 0.286. The summed E-state index contributed by atoms with van der Waals surface area (Å²) in [5.41, 5.74) is 6.23. The maximum absolute atomic E-state index is 13.0. The minimum atomic E-state index is -0.127. The van der Waals surface area contributed by atoms with Crippen LogP contribution < -0.4 is 10.6 Å². The molecule has 7 heteroatoms. The zero-order valence-electron chi connectivity index (χ0n) is 22.0. The van der Waals surface area contributed by atoms with Gasteiger partial charge in [-0.15, -0.1) is 0 Å². The second-order valence-corrected chi connectivity index (χ2v) is 9.88. The molecule has 7 nitrogen and oxygen atoms in total. The third-order valence-electron chi connectivity index (χ3n) is 7.04. The van der Waals surface area contributed by atoms with Gasteiger partial charge in [0.25, 0.3) is 5.91 Å². The summed E-state index contributed by atoms with van der Waals surface area (Å²) in [4.78, 5) is 28.7. The van der Waals surface area contributed by atoms with Crippen LogP contribution >= 0.6 is 0 Å². The van der Waals surface area contributed by atoms with Crippen molar-refractivity contribution in [2.45, 2.75) is 39.0 Å². The minimum absolute atomic E-state index is 0.127. The SMILES string of the molecule is CCCN1CCCC(c2ccc(C(=O)Nc3ccc(C)c(Nc4nccc(-c5cccnc5)n4)c3)cc2)C1. The molecule has 1 amide bonds. The lowest BCUT2D eigenvalue weighted by atomic mass is 9.90. The maximum atomic E-state index is 13.0. The Morgan fingerprint density at radius 3 is 2.74 bits per heavy atom. The number of aryl methyl sites for hydroxylation is 1. The molecule has 0 saturated carbocycles. The van der Waals surface area contributed by atoms with E-state index in [4.69, 9.17) is 0 Å². The lowest BCUT2D eigenvalue weighted by molar-refractivity contribution is 0.102. The summed E-state index contributed by atoms with van der Waals surface area (Å²) in [6.45, 7) is 7.70. The fourth-order valence-corrected chi connectivity index (χ4v) is 5.01. The van der Waals surface area contributed by atoms with E-state index in [2.05, 4.69) is 49.5 Å². The molecular weight excluding hydrogens is 472 g/mol. The average molecular weight is 507 g/mol. The number of amides is 1. The van der Waals surface area contributed by atoms with E-state index in [1.54, 1.807) is 18.6 Å². The molecule has 194 valence electrons. The van der Waals surface area contributed by atoms with Crippen LogP contribution in [0.15, 0.2) is 79.3 Å². The molecule has 2 aromatic heterocycles. The molecule has 2 N–H and O–H groups in total. The molecule has 5 rings (SSSR count). The molecule has 1 aliphatic heterocycles. The molecule has 0 bridgehead atoms. The van der Waals surface area contributed by atoms with Crippen LogP contribution in [-0.2, 0) is 0 Å². The number of pyridine rings is 1. The number of benzene rings is 2. The van der Waals surface area contributed by atoms with Crippen LogP contribution in [0.4, 0.5) is 17.3 Å². The number of rotatable bonds is 8. The Kier molecular flexibility index (Phi) is 8.04. The van der Waals surface area contributed by atoms with Crippen molar-refractivity contribution >= 4 is 23.2 Å². The first-order valence-electron chi connectivity index (χ1n) is 13.3. The van der Waals surface area contributed by atoms with Gasteiger partial charge in [0, 0.05) is 47.6 Å². The second-order valence-electron chi connectivity index (χ2n) is 9.88. The standard InChI is InChI=1S/C31H34N6O/c1-3-17-37-18-5-7-26(21-37)23-9-11-24(12-10-23)30(38)34-27-13-8-22(2)29(19-27)36-31-33-16-14-28(35-31)25-6-4-15-32-20-25/h4,6,8-16,19-20,26H,3,5,7,17-18,21H2,1-2H3,(H,34,38)(H,33,35,36). The van der Waals surface area contributed by atoms with Crippen LogP contribution in [0.25, 0.3) is 11.3 Å². The van der Waals surface area contributed by atoms with Crippen LogP contribution in [0.1, 0.15) is 53.6 Å². The summed E-state index contributed by atoms with van der Waals surface area (Å²) in [5.74, 6) is 0.892. The highest BCUT2D eigenvalue weighted by atomic mass is 16.1. The van der Waals surface area contributed by atoms with E-state index in [1.165, 1.54) is 31.4 Å². The van der Waals surface area contributed by atoms with Gasteiger partial charge in [-0.25, -0.2) is 9.97 Å². The number of hydrogen-bond acceptors (Lipinski definition) is 6. The van der Waals surface area contributed by atoms with E-state index >= 15 is 0 Å². The van der Waals surface area contributed by atoms with Crippen molar-refractivity contribution < 1.29 is 4.79 Å². The molecule has 1 fully saturated rings. The van der Waals surface area contributed by atoms with Crippen LogP contribution in [0.3, 0.4) is 0 Å². The van der Waals surface area contributed by atoms with Crippen molar-refractivity contribution in [1.29, 1.82) is 0 Å². The van der Waals surface area contributed by atoms with Crippen molar-refractivity contribution in [1.82, 2.24) is 19.9 Å². The Bertz CT molecular complexity index is 1370. The highest BCUT2D eigenvalue weighted by Gasteiger charge is 2.21. The van der Waals surface area contributed by atoms with E-state index < -0.39 is 0 Å². The summed E-state index contributed by atoms with van der Waals surface area (Å²) in [6, 6.07) is 19.6. The van der Waals surface area contributed by atoms with Gasteiger partial charge in [0.1, 0.15) is 0 Å². The number of nitrogens with zero attached hydrogens (tertiary/aromatic N) is 4. The van der Waals surface area contributed by atoms with Gasteiger partial charge in [-0.1, -0.05) is 25.1 Å². The average Bonchev–Trinajstić information content (AvgIpc) is 2.96. The van der Waals surface area contributed by atoms with E-state index in [1.807, 2.05) is 55.5 Å². The van der Waals surface area contributed by atoms with E-state index in [0.717, 1.165) is 35.6 Å². The fraction of sp³-hybridized carbons (Fsp3) is 0.290. The number of aromatic nitrogens is 3. The summed E-state index contributed by atoms with van der Waals surface area (Å²) in [7, 11) is 0. The molecule has 1 atom stereocenters. The third kappa shape index (κ3) is 6.23. The van der Waals surface area contributed by atoms with Gasteiger partial charge in [0.15, 0.2) is 0 Å². The first kappa shape index (κ1) is 25.5. The molecule has 0 spiro atoms. The van der Waals surface area contributed by atoms with E-state index in [0.29, 0.717) is 23.1 Å². The highest BCUT2D eigenvalue weighted by Crippen LogP contribution is 2.28. The van der Waals surface area contributed by atoms with Gasteiger partial charge < -0.3 is 15.5 Å². The minimum Gasteiger partial charge on any atom is -0.324 e. The smallest absolute Gasteiger partial charge is 0.255 e. The monoisotopic (exact) mass is 506 g/mol. The lowest BCUT2D eigenvalue weighted by Gasteiger charge is -2.32. The Balaban J connectivity index is 1.25. The molecule has 0 aliphatic carbocycles. The van der Waals surface area contributed by atoms with Crippen molar-refractivity contribution in [3.8, 4) is 11.3 Å². The molecule has 38 heavy (non-hydrogen) atoms. The van der Waals surface area contributed by atoms with Gasteiger partial charge in [-0.3, -0.25) is 9.78 Å². The number of piperidine rings is 1. The van der Waals surface area contributed by atoms with E-state index in [9.17, 15) is 4.79 Å². The topological polar surface area (TPSA) is 83.0 Å². The van der Waals surface area contributed by atoms with Gasteiger partial charge in [0.2, 0.25) is 5.95 Å². The lowest BCUT2D eigenvalue weighted by Crippen LogP contribution is -2.34. The second kappa shape index (κ2) is 12.0. The summed E-state index contributed by atoms with van der Waals surface area (Å²) in [5, 5.41) is 6.33. The van der Waals surface area contributed by atoms with Crippen LogP contribution in [0.5, 0.6) is 0 Å². The number of nitrogens with one attached hydrogen (secondary N) is 2. The number of likely N-dealkylation sites (tertiary alicyclic amines) is 1. The van der Waals surface area contributed by atoms with Crippen LogP contribution in [0.2, 0.25) is 0 Å². The molecule has 0 radical (unpaired) electrons. The summed E-state index contributed by atoms with van der Waals surface area (Å²) >= 11 is 0. The summed E-state index contributed by atoms with van der Waals surface area (Å²) in [6.07, 6.45) is 8.86. The predicted molar refractivity (Wildman–Crippen MR) is 153 cm³/mol. The first-order valence-corrected chi connectivity index (χ1v) is 13.3. The molecule has 3 heterocycles. The van der Waals surface area contributed by atoms with Crippen molar-refractivity contribution in [2.75, 3.05) is 30.3 Å². The van der Waals surface area contributed by atoms with Crippen LogP contribution in [-0.4, -0.2) is 45.4 Å². The fourth-order valence-electron chi connectivity index (χ4n) is 5.01. The molecule has 1 unspecified atom stereocenters. The van der Waals surface area contributed by atoms with Crippen molar-refractivity contribution in [2.24, 2.45) is 0 Å². The molecule has 4 aromatic rings. The Morgan fingerprint density at radius 2 is 1.95 bits per heavy atom. The zero-order valence-corrected chi connectivity index (χ0v) is 22.0. The maximum Gasteiger partial charge on any atom is 0.255 e. The Labute approximate surface area is 224 Å².